The van der Waals surface area contributed by atoms with Gasteiger partial charge in [-0.3, -0.25) is 9.69 Å². The monoisotopic (exact) mass is 308 g/mol. The van der Waals surface area contributed by atoms with Crippen LogP contribution in [0.1, 0.15) is 24.6 Å². The molecule has 7 heteroatoms. The third-order valence-corrected chi connectivity index (χ3v) is 4.07. The molecule has 1 fully saturated rings. The number of furan rings is 1. The maximum Gasteiger partial charge on any atom is 0.314 e. The van der Waals surface area contributed by atoms with E-state index < -0.39 is 6.03 Å². The first kappa shape index (κ1) is 16.4. The maximum absolute atomic E-state index is 12.3. The highest BCUT2D eigenvalue weighted by Crippen LogP contribution is 2.19. The van der Waals surface area contributed by atoms with Crippen molar-refractivity contribution in [2.24, 2.45) is 11.7 Å². The van der Waals surface area contributed by atoms with Gasteiger partial charge in [-0.15, -0.1) is 0 Å². The average molecular weight is 308 g/mol. The fourth-order valence-electron chi connectivity index (χ4n) is 2.75. The van der Waals surface area contributed by atoms with Gasteiger partial charge in [0.15, 0.2) is 0 Å². The minimum Gasteiger partial charge on any atom is -0.468 e. The Bertz CT molecular complexity index is 501. The highest BCUT2D eigenvalue weighted by molar-refractivity contribution is 5.80. The molecule has 7 nitrogen and oxygen atoms in total. The Labute approximate surface area is 130 Å². The molecule has 0 aliphatic carbocycles. The summed E-state index contributed by atoms with van der Waals surface area (Å²) in [6, 6.07) is 3.25. The topological polar surface area (TPSA) is 91.8 Å². The average Bonchev–Trinajstić information content (AvgIpc) is 3.01. The predicted octanol–water partition coefficient (Wildman–Crippen LogP) is 0.789. The number of likely N-dealkylation sites (N-methyl/N-ethyl adjacent to an activating group) is 1. The number of piperidine rings is 1. The van der Waals surface area contributed by atoms with Crippen molar-refractivity contribution in [3.05, 3.63) is 24.2 Å². The first-order chi connectivity index (χ1) is 10.5. The molecule has 22 heavy (non-hydrogen) atoms. The van der Waals surface area contributed by atoms with E-state index in [-0.39, 0.29) is 17.9 Å². The summed E-state index contributed by atoms with van der Waals surface area (Å²) in [5.74, 6) is 0.581. The van der Waals surface area contributed by atoms with Gasteiger partial charge >= 0.3 is 6.03 Å². The molecule has 1 aliphatic heterocycles. The molecule has 2 heterocycles. The lowest BCUT2D eigenvalue weighted by Gasteiger charge is -2.31. The van der Waals surface area contributed by atoms with E-state index >= 15 is 0 Å². The molecule has 3 N–H and O–H groups in total. The van der Waals surface area contributed by atoms with Crippen LogP contribution in [-0.2, 0) is 4.79 Å². The fraction of sp³-hybridized carbons (Fsp3) is 0.600. The summed E-state index contributed by atoms with van der Waals surface area (Å²) >= 11 is 0. The number of urea groups is 1. The number of nitrogens with one attached hydrogen (secondary N) is 1. The zero-order valence-electron chi connectivity index (χ0n) is 13.1. The van der Waals surface area contributed by atoms with E-state index in [1.54, 1.807) is 6.26 Å². The van der Waals surface area contributed by atoms with Crippen LogP contribution in [0.25, 0.3) is 0 Å². The molecule has 0 bridgehead atoms. The first-order valence-corrected chi connectivity index (χ1v) is 7.51. The molecule has 1 aliphatic rings. The van der Waals surface area contributed by atoms with Crippen LogP contribution < -0.4 is 11.1 Å². The fourth-order valence-corrected chi connectivity index (χ4v) is 2.75. The lowest BCUT2D eigenvalue weighted by molar-refractivity contribution is -0.126. The van der Waals surface area contributed by atoms with E-state index in [1.807, 2.05) is 31.1 Å². The number of carbonyl (C=O) groups is 2. The van der Waals surface area contributed by atoms with Gasteiger partial charge in [0.05, 0.1) is 18.2 Å². The van der Waals surface area contributed by atoms with E-state index in [2.05, 4.69) is 5.32 Å². The molecular weight excluding hydrogens is 284 g/mol. The van der Waals surface area contributed by atoms with E-state index in [0.29, 0.717) is 19.6 Å². The van der Waals surface area contributed by atoms with Crippen LogP contribution in [0, 0.1) is 5.92 Å². The van der Waals surface area contributed by atoms with E-state index in [0.717, 1.165) is 18.6 Å². The Morgan fingerprint density at radius 2 is 2.32 bits per heavy atom. The van der Waals surface area contributed by atoms with Crippen molar-refractivity contribution in [3.63, 3.8) is 0 Å². The van der Waals surface area contributed by atoms with Crippen LogP contribution >= 0.6 is 0 Å². The van der Waals surface area contributed by atoms with Gasteiger partial charge in [-0.25, -0.2) is 4.79 Å². The normalized spacial score (nSPS) is 20.0. The SMILES string of the molecule is CN(C)[C@H](CNC(=O)[C@H]1CCCN(C(N)=O)C1)c1ccco1. The number of carbonyl (C=O) groups excluding carboxylic acids is 2. The van der Waals surface area contributed by atoms with Crippen molar-refractivity contribution in [1.82, 2.24) is 15.1 Å². The largest absolute Gasteiger partial charge is 0.468 e. The molecular formula is C15H24N4O3. The van der Waals surface area contributed by atoms with E-state index in [4.69, 9.17) is 10.2 Å². The summed E-state index contributed by atoms with van der Waals surface area (Å²) in [6.45, 7) is 1.49. The van der Waals surface area contributed by atoms with Crippen molar-refractivity contribution in [1.29, 1.82) is 0 Å². The Balaban J connectivity index is 1.89. The van der Waals surface area contributed by atoms with Gasteiger partial charge < -0.3 is 20.4 Å². The highest BCUT2D eigenvalue weighted by atomic mass is 16.3. The number of likely N-dealkylation sites (tertiary alicyclic amines) is 1. The van der Waals surface area contributed by atoms with Gasteiger partial charge in [0, 0.05) is 19.6 Å². The molecule has 0 spiro atoms. The summed E-state index contributed by atoms with van der Waals surface area (Å²) in [4.78, 5) is 27.1. The molecule has 3 amide bonds. The summed E-state index contributed by atoms with van der Waals surface area (Å²) in [6.07, 6.45) is 3.21. The molecule has 1 saturated heterocycles. The van der Waals surface area contributed by atoms with Gasteiger partial charge in [0.25, 0.3) is 0 Å². The number of hydrogen-bond acceptors (Lipinski definition) is 4. The standard InChI is InChI=1S/C15H24N4O3/c1-18(2)12(13-6-4-8-22-13)9-17-14(20)11-5-3-7-19(10-11)15(16)21/h4,6,8,11-12H,3,5,7,9-10H2,1-2H3,(H2,16,21)(H,17,20)/t11-,12+/m0/s1. The van der Waals surface area contributed by atoms with Crippen LogP contribution in [0.3, 0.4) is 0 Å². The molecule has 0 aromatic carbocycles. The van der Waals surface area contributed by atoms with Crippen molar-refractivity contribution < 1.29 is 14.0 Å². The summed E-state index contributed by atoms with van der Waals surface area (Å²) < 4.78 is 5.42. The number of rotatable bonds is 5. The molecule has 2 atom stereocenters. The van der Waals surface area contributed by atoms with Gasteiger partial charge in [-0.1, -0.05) is 0 Å². The second kappa shape index (κ2) is 7.31. The molecule has 0 radical (unpaired) electrons. The van der Waals surface area contributed by atoms with Crippen molar-refractivity contribution in [2.45, 2.75) is 18.9 Å². The predicted molar refractivity (Wildman–Crippen MR) is 82.0 cm³/mol. The Morgan fingerprint density at radius 3 is 2.91 bits per heavy atom. The minimum absolute atomic E-state index is 0.0187. The van der Waals surface area contributed by atoms with Crippen LogP contribution in [-0.4, -0.2) is 55.5 Å². The zero-order valence-corrected chi connectivity index (χ0v) is 13.1. The molecule has 0 unspecified atom stereocenters. The molecule has 1 aromatic heterocycles. The third kappa shape index (κ3) is 4.00. The number of nitrogens with two attached hydrogens (primary N) is 1. The molecule has 2 rings (SSSR count). The molecule has 0 saturated carbocycles. The molecule has 122 valence electrons. The Hall–Kier alpha value is -2.02. The smallest absolute Gasteiger partial charge is 0.314 e. The highest BCUT2D eigenvalue weighted by Gasteiger charge is 2.28. The number of primary amides is 1. The first-order valence-electron chi connectivity index (χ1n) is 7.51. The van der Waals surface area contributed by atoms with Crippen LogP contribution in [0.2, 0.25) is 0 Å². The third-order valence-electron chi connectivity index (χ3n) is 4.07. The van der Waals surface area contributed by atoms with Crippen LogP contribution in [0.15, 0.2) is 22.8 Å². The Morgan fingerprint density at radius 1 is 1.55 bits per heavy atom. The zero-order chi connectivity index (χ0) is 16.1. The second-order valence-electron chi connectivity index (χ2n) is 5.86. The lowest BCUT2D eigenvalue weighted by Crippen LogP contribution is -2.48. The summed E-state index contributed by atoms with van der Waals surface area (Å²) in [5.41, 5.74) is 5.29. The maximum atomic E-state index is 12.3. The summed E-state index contributed by atoms with van der Waals surface area (Å²) in [7, 11) is 3.88. The van der Waals surface area contributed by atoms with Crippen molar-refractivity contribution >= 4 is 11.9 Å². The molecule has 1 aromatic rings. The van der Waals surface area contributed by atoms with E-state index in [9.17, 15) is 9.59 Å². The van der Waals surface area contributed by atoms with E-state index in [1.165, 1.54) is 4.90 Å². The summed E-state index contributed by atoms with van der Waals surface area (Å²) in [5, 5.41) is 2.96. The van der Waals surface area contributed by atoms with Crippen molar-refractivity contribution in [3.8, 4) is 0 Å². The van der Waals surface area contributed by atoms with Gasteiger partial charge in [-0.05, 0) is 39.1 Å². The van der Waals surface area contributed by atoms with Crippen molar-refractivity contribution in [2.75, 3.05) is 33.7 Å². The minimum atomic E-state index is -0.459. The lowest BCUT2D eigenvalue weighted by atomic mass is 9.97. The van der Waals surface area contributed by atoms with Crippen LogP contribution in [0.4, 0.5) is 4.79 Å². The number of hydrogen-bond donors (Lipinski definition) is 2. The number of nitrogens with zero attached hydrogens (tertiary/aromatic N) is 2. The second-order valence-corrected chi connectivity index (χ2v) is 5.86. The van der Waals surface area contributed by atoms with Gasteiger partial charge in [-0.2, -0.15) is 0 Å². The Kier molecular flexibility index (Phi) is 5.43. The van der Waals surface area contributed by atoms with Gasteiger partial charge in [0.2, 0.25) is 5.91 Å². The quantitative estimate of drug-likeness (QED) is 0.841. The van der Waals surface area contributed by atoms with Crippen LogP contribution in [0.5, 0.6) is 0 Å². The number of amides is 3. The van der Waals surface area contributed by atoms with Gasteiger partial charge in [0.1, 0.15) is 5.76 Å².